The number of hydrogen-bond donors (Lipinski definition) is 3. The maximum atomic E-state index is 11.7. The van der Waals surface area contributed by atoms with Gasteiger partial charge in [-0.2, -0.15) is 0 Å². The molecule has 2 rings (SSSR count). The van der Waals surface area contributed by atoms with Gasteiger partial charge in [0.15, 0.2) is 0 Å². The van der Waals surface area contributed by atoms with Crippen LogP contribution in [-0.4, -0.2) is 31.3 Å². The molecule has 6 heteroatoms. The third-order valence-electron chi connectivity index (χ3n) is 2.69. The van der Waals surface area contributed by atoms with Crippen molar-refractivity contribution in [2.75, 3.05) is 18.9 Å². The Kier molecular flexibility index (Phi) is 3.27. The molecular weight excluding hydrogens is 234 g/mol. The second kappa shape index (κ2) is 4.87. The zero-order chi connectivity index (χ0) is 13.1. The SMILES string of the molecule is CNC(=O)CNC(=O)c1ccc2c(c1)NC(=O)C2. The Morgan fingerprint density at radius 3 is 2.89 bits per heavy atom. The van der Waals surface area contributed by atoms with Gasteiger partial charge >= 0.3 is 0 Å². The van der Waals surface area contributed by atoms with E-state index in [0.29, 0.717) is 17.7 Å². The van der Waals surface area contributed by atoms with Crippen molar-refractivity contribution in [3.05, 3.63) is 29.3 Å². The van der Waals surface area contributed by atoms with Crippen LogP contribution < -0.4 is 16.0 Å². The minimum atomic E-state index is -0.345. The summed E-state index contributed by atoms with van der Waals surface area (Å²) in [5.74, 6) is -0.687. The molecular formula is C12H13N3O3. The number of carbonyl (C=O) groups is 3. The number of nitrogens with one attached hydrogen (secondary N) is 3. The molecule has 6 nitrogen and oxygen atoms in total. The first-order chi connectivity index (χ1) is 8.60. The summed E-state index contributed by atoms with van der Waals surface area (Å²) in [6, 6.07) is 4.99. The van der Waals surface area contributed by atoms with Gasteiger partial charge in [-0.15, -0.1) is 0 Å². The second-order valence-corrected chi connectivity index (χ2v) is 3.95. The van der Waals surface area contributed by atoms with Crippen LogP contribution in [0.15, 0.2) is 18.2 Å². The van der Waals surface area contributed by atoms with Gasteiger partial charge in [-0.25, -0.2) is 0 Å². The first-order valence-corrected chi connectivity index (χ1v) is 5.51. The Bertz CT molecular complexity index is 525. The van der Waals surface area contributed by atoms with E-state index in [2.05, 4.69) is 16.0 Å². The predicted molar refractivity (Wildman–Crippen MR) is 65.2 cm³/mol. The maximum absolute atomic E-state index is 11.7. The molecule has 0 bridgehead atoms. The van der Waals surface area contributed by atoms with Crippen LogP contribution in [0.3, 0.4) is 0 Å². The Morgan fingerprint density at radius 2 is 2.17 bits per heavy atom. The highest BCUT2D eigenvalue weighted by atomic mass is 16.2. The van der Waals surface area contributed by atoms with Crippen LogP contribution in [0.25, 0.3) is 0 Å². The van der Waals surface area contributed by atoms with E-state index in [9.17, 15) is 14.4 Å². The lowest BCUT2D eigenvalue weighted by Gasteiger charge is -2.06. The predicted octanol–water partition coefficient (Wildman–Crippen LogP) is -0.343. The molecule has 1 aliphatic heterocycles. The van der Waals surface area contributed by atoms with Gasteiger partial charge in [-0.1, -0.05) is 6.07 Å². The molecule has 0 saturated carbocycles. The van der Waals surface area contributed by atoms with Crippen molar-refractivity contribution in [3.63, 3.8) is 0 Å². The van der Waals surface area contributed by atoms with Crippen molar-refractivity contribution in [1.29, 1.82) is 0 Å². The Hall–Kier alpha value is -2.37. The molecule has 0 radical (unpaired) electrons. The van der Waals surface area contributed by atoms with Crippen molar-refractivity contribution in [3.8, 4) is 0 Å². The number of hydrogen-bond acceptors (Lipinski definition) is 3. The Labute approximate surface area is 104 Å². The van der Waals surface area contributed by atoms with E-state index >= 15 is 0 Å². The van der Waals surface area contributed by atoms with Gasteiger partial charge in [0.05, 0.1) is 13.0 Å². The molecule has 0 spiro atoms. The second-order valence-electron chi connectivity index (χ2n) is 3.95. The van der Waals surface area contributed by atoms with Crippen molar-refractivity contribution >= 4 is 23.4 Å². The van der Waals surface area contributed by atoms with Crippen molar-refractivity contribution in [1.82, 2.24) is 10.6 Å². The number of rotatable bonds is 3. The lowest BCUT2D eigenvalue weighted by Crippen LogP contribution is -2.35. The molecule has 0 aliphatic carbocycles. The molecule has 94 valence electrons. The van der Waals surface area contributed by atoms with Gasteiger partial charge in [0.2, 0.25) is 11.8 Å². The topological polar surface area (TPSA) is 87.3 Å². The molecule has 1 aliphatic rings. The summed E-state index contributed by atoms with van der Waals surface area (Å²) in [5.41, 5.74) is 1.95. The number of amides is 3. The van der Waals surface area contributed by atoms with Gasteiger partial charge in [0.25, 0.3) is 5.91 Å². The third-order valence-corrected chi connectivity index (χ3v) is 2.69. The van der Waals surface area contributed by atoms with E-state index in [4.69, 9.17) is 0 Å². The number of benzene rings is 1. The number of fused-ring (bicyclic) bond motifs is 1. The summed E-state index contributed by atoms with van der Waals surface area (Å²) < 4.78 is 0. The van der Waals surface area contributed by atoms with Gasteiger partial charge in [-0.3, -0.25) is 14.4 Å². The molecule has 1 heterocycles. The van der Waals surface area contributed by atoms with E-state index in [1.54, 1.807) is 18.2 Å². The number of likely N-dealkylation sites (N-methyl/N-ethyl adjacent to an activating group) is 1. The van der Waals surface area contributed by atoms with Crippen LogP contribution in [0.1, 0.15) is 15.9 Å². The van der Waals surface area contributed by atoms with Crippen molar-refractivity contribution in [2.45, 2.75) is 6.42 Å². The van der Waals surface area contributed by atoms with Crippen molar-refractivity contribution < 1.29 is 14.4 Å². The lowest BCUT2D eigenvalue weighted by molar-refractivity contribution is -0.119. The van der Waals surface area contributed by atoms with Crippen LogP contribution in [0.5, 0.6) is 0 Å². The highest BCUT2D eigenvalue weighted by Gasteiger charge is 2.19. The molecule has 0 saturated heterocycles. The molecule has 0 unspecified atom stereocenters. The van der Waals surface area contributed by atoms with Crippen molar-refractivity contribution in [2.24, 2.45) is 0 Å². The van der Waals surface area contributed by atoms with Crippen LogP contribution in [0, 0.1) is 0 Å². The highest BCUT2D eigenvalue weighted by molar-refractivity contribution is 6.02. The number of carbonyl (C=O) groups excluding carboxylic acids is 3. The van der Waals surface area contributed by atoms with Gasteiger partial charge in [-0.05, 0) is 17.7 Å². The zero-order valence-corrected chi connectivity index (χ0v) is 9.87. The lowest BCUT2D eigenvalue weighted by atomic mass is 10.1. The first-order valence-electron chi connectivity index (χ1n) is 5.51. The fraction of sp³-hybridized carbons (Fsp3) is 0.250. The van der Waals surface area contributed by atoms with Crippen LogP contribution in [-0.2, 0) is 16.0 Å². The average Bonchev–Trinajstić information content (AvgIpc) is 2.74. The van der Waals surface area contributed by atoms with Crippen LogP contribution in [0.2, 0.25) is 0 Å². The summed E-state index contributed by atoms with van der Waals surface area (Å²) >= 11 is 0. The smallest absolute Gasteiger partial charge is 0.251 e. The summed E-state index contributed by atoms with van der Waals surface area (Å²) in [6.45, 7) is -0.0707. The molecule has 0 atom stereocenters. The standard InChI is InChI=1S/C12H13N3O3/c1-13-11(17)6-14-12(18)8-3-2-7-5-10(16)15-9(7)4-8/h2-4H,5-6H2,1H3,(H,13,17)(H,14,18)(H,15,16). The fourth-order valence-electron chi connectivity index (χ4n) is 1.71. The summed E-state index contributed by atoms with van der Waals surface area (Å²) in [6.07, 6.45) is 0.343. The largest absolute Gasteiger partial charge is 0.358 e. The minimum absolute atomic E-state index is 0.0707. The summed E-state index contributed by atoms with van der Waals surface area (Å²) in [5, 5.41) is 7.57. The molecule has 0 fully saturated rings. The molecule has 1 aromatic rings. The summed E-state index contributed by atoms with van der Waals surface area (Å²) in [7, 11) is 1.50. The molecule has 3 N–H and O–H groups in total. The molecule has 18 heavy (non-hydrogen) atoms. The maximum Gasteiger partial charge on any atom is 0.251 e. The molecule has 3 amide bonds. The van der Waals surface area contributed by atoms with Gasteiger partial charge in [0.1, 0.15) is 0 Å². The van der Waals surface area contributed by atoms with E-state index in [0.717, 1.165) is 5.56 Å². The first kappa shape index (κ1) is 12.1. The monoisotopic (exact) mass is 247 g/mol. The highest BCUT2D eigenvalue weighted by Crippen LogP contribution is 2.23. The third kappa shape index (κ3) is 2.48. The Morgan fingerprint density at radius 1 is 1.39 bits per heavy atom. The van der Waals surface area contributed by atoms with Gasteiger partial charge in [0, 0.05) is 18.3 Å². The van der Waals surface area contributed by atoms with Gasteiger partial charge < -0.3 is 16.0 Å². The zero-order valence-electron chi connectivity index (χ0n) is 9.87. The fourth-order valence-corrected chi connectivity index (χ4v) is 1.71. The van der Waals surface area contributed by atoms with E-state index < -0.39 is 0 Å². The van der Waals surface area contributed by atoms with E-state index in [1.165, 1.54) is 7.05 Å². The quantitative estimate of drug-likeness (QED) is 0.682. The average molecular weight is 247 g/mol. The van der Waals surface area contributed by atoms with E-state index in [1.807, 2.05) is 0 Å². The summed E-state index contributed by atoms with van der Waals surface area (Å²) in [4.78, 5) is 33.9. The minimum Gasteiger partial charge on any atom is -0.358 e. The van der Waals surface area contributed by atoms with E-state index in [-0.39, 0.29) is 24.3 Å². The normalized spacial score (nSPS) is 12.6. The molecule has 0 aromatic heterocycles. The van der Waals surface area contributed by atoms with Crippen LogP contribution in [0.4, 0.5) is 5.69 Å². The Balaban J connectivity index is 2.06. The molecule has 1 aromatic carbocycles. The van der Waals surface area contributed by atoms with Crippen LogP contribution >= 0.6 is 0 Å². The number of anilines is 1.